The maximum absolute atomic E-state index is 13.1. The van der Waals surface area contributed by atoms with Crippen molar-refractivity contribution in [2.75, 3.05) is 32.4 Å². The number of pyridine rings is 1. The van der Waals surface area contributed by atoms with Gasteiger partial charge in [-0.05, 0) is 36.8 Å². The summed E-state index contributed by atoms with van der Waals surface area (Å²) in [6.45, 7) is 1.59. The highest BCUT2D eigenvalue weighted by Gasteiger charge is 2.28. The Morgan fingerprint density at radius 3 is 2.39 bits per heavy atom. The van der Waals surface area contributed by atoms with Crippen molar-refractivity contribution in [3.63, 3.8) is 0 Å². The lowest BCUT2D eigenvalue weighted by molar-refractivity contribution is 0.0601. The van der Waals surface area contributed by atoms with Gasteiger partial charge in [0.1, 0.15) is 25.3 Å². The fourth-order valence-corrected chi connectivity index (χ4v) is 5.46. The van der Waals surface area contributed by atoms with Gasteiger partial charge in [0.05, 0.1) is 38.1 Å². The molecule has 1 amide bonds. The Morgan fingerprint density at radius 1 is 1.00 bits per heavy atom. The van der Waals surface area contributed by atoms with Crippen LogP contribution < -0.4 is 15.8 Å². The lowest BCUT2D eigenvalue weighted by atomic mass is 10.1. The first-order valence-corrected chi connectivity index (χ1v) is 11.2. The molecule has 9 nitrogen and oxygen atoms in total. The standard InChI is InChI=1S/C22H19N3O6S2/c1-9-14(21(27)30-3)20(32-16(9)22(28)31-4)25-18(26)17-15(23)12-8-10-7-11(29-2)5-6-13(10)24-19(12)33-17/h5-8H,23H2,1-4H3,(H,25,26). The third-order valence-electron chi connectivity index (χ3n) is 5.06. The molecule has 11 heteroatoms. The van der Waals surface area contributed by atoms with Gasteiger partial charge >= 0.3 is 11.9 Å². The normalized spacial score (nSPS) is 10.9. The van der Waals surface area contributed by atoms with E-state index in [9.17, 15) is 14.4 Å². The molecule has 0 radical (unpaired) electrons. The number of ether oxygens (including phenoxy) is 3. The molecule has 0 atom stereocenters. The number of nitrogens with zero attached hydrogens (tertiary/aromatic N) is 1. The van der Waals surface area contributed by atoms with E-state index >= 15 is 0 Å². The number of nitrogens with two attached hydrogens (primary N) is 1. The number of hydrogen-bond acceptors (Lipinski definition) is 10. The van der Waals surface area contributed by atoms with Crippen LogP contribution in [-0.4, -0.2) is 44.2 Å². The highest BCUT2D eigenvalue weighted by molar-refractivity contribution is 7.21. The summed E-state index contributed by atoms with van der Waals surface area (Å²) < 4.78 is 14.9. The number of carbonyl (C=O) groups excluding carboxylic acids is 3. The van der Waals surface area contributed by atoms with Gasteiger partial charge in [0.15, 0.2) is 0 Å². The van der Waals surface area contributed by atoms with Crippen molar-refractivity contribution in [2.45, 2.75) is 6.92 Å². The summed E-state index contributed by atoms with van der Waals surface area (Å²) >= 11 is 2.07. The predicted molar refractivity (Wildman–Crippen MR) is 128 cm³/mol. The average Bonchev–Trinajstić information content (AvgIpc) is 3.32. The topological polar surface area (TPSA) is 130 Å². The fraction of sp³-hybridized carbons (Fsp3) is 0.182. The molecule has 4 rings (SSSR count). The molecule has 0 spiro atoms. The molecule has 33 heavy (non-hydrogen) atoms. The predicted octanol–water partition coefficient (Wildman–Crippen LogP) is 4.24. The van der Waals surface area contributed by atoms with E-state index in [4.69, 9.17) is 19.9 Å². The lowest BCUT2D eigenvalue weighted by Crippen LogP contribution is -2.14. The third-order valence-corrected chi connectivity index (χ3v) is 7.36. The van der Waals surface area contributed by atoms with Gasteiger partial charge in [-0.25, -0.2) is 14.6 Å². The maximum Gasteiger partial charge on any atom is 0.348 e. The average molecular weight is 486 g/mol. The monoisotopic (exact) mass is 485 g/mol. The van der Waals surface area contributed by atoms with E-state index in [2.05, 4.69) is 10.3 Å². The zero-order valence-corrected chi connectivity index (χ0v) is 19.7. The molecule has 0 aliphatic carbocycles. The van der Waals surface area contributed by atoms with Gasteiger partial charge in [-0.1, -0.05) is 0 Å². The molecular weight excluding hydrogens is 466 g/mol. The van der Waals surface area contributed by atoms with Gasteiger partial charge < -0.3 is 25.3 Å². The van der Waals surface area contributed by atoms with Crippen LogP contribution in [0.25, 0.3) is 21.1 Å². The van der Waals surface area contributed by atoms with Crippen molar-refractivity contribution in [1.29, 1.82) is 0 Å². The number of fused-ring (bicyclic) bond motifs is 2. The fourth-order valence-electron chi connectivity index (χ4n) is 3.37. The number of benzene rings is 1. The molecule has 0 aliphatic rings. The number of rotatable bonds is 5. The largest absolute Gasteiger partial charge is 0.497 e. The van der Waals surface area contributed by atoms with Crippen LogP contribution in [0.15, 0.2) is 24.3 Å². The third kappa shape index (κ3) is 3.85. The minimum absolute atomic E-state index is 0.0897. The van der Waals surface area contributed by atoms with Crippen molar-refractivity contribution < 1.29 is 28.6 Å². The quantitative estimate of drug-likeness (QED) is 0.402. The molecule has 170 valence electrons. The summed E-state index contributed by atoms with van der Waals surface area (Å²) in [5.41, 5.74) is 7.76. The summed E-state index contributed by atoms with van der Waals surface area (Å²) in [5.74, 6) is -1.14. The van der Waals surface area contributed by atoms with Gasteiger partial charge in [0.2, 0.25) is 0 Å². The van der Waals surface area contributed by atoms with E-state index in [0.717, 1.165) is 33.6 Å². The number of nitrogens with one attached hydrogen (secondary N) is 1. The van der Waals surface area contributed by atoms with Gasteiger partial charge in [-0.15, -0.1) is 22.7 Å². The highest BCUT2D eigenvalue weighted by atomic mass is 32.1. The Balaban J connectivity index is 1.76. The summed E-state index contributed by atoms with van der Waals surface area (Å²) in [6, 6.07) is 7.32. The number of amides is 1. The zero-order chi connectivity index (χ0) is 23.9. The van der Waals surface area contributed by atoms with Crippen molar-refractivity contribution in [2.24, 2.45) is 0 Å². The lowest BCUT2D eigenvalue weighted by Gasteiger charge is -2.05. The molecule has 0 saturated carbocycles. The second kappa shape index (κ2) is 8.68. The van der Waals surface area contributed by atoms with E-state index in [1.807, 2.05) is 18.2 Å². The van der Waals surface area contributed by atoms with Crippen molar-refractivity contribution in [1.82, 2.24) is 4.98 Å². The molecule has 0 unspecified atom stereocenters. The van der Waals surface area contributed by atoms with Crippen LogP contribution in [0.1, 0.15) is 35.3 Å². The van der Waals surface area contributed by atoms with Crippen molar-refractivity contribution >= 4 is 72.3 Å². The number of nitrogen functional groups attached to an aromatic ring is 1. The van der Waals surface area contributed by atoms with Crippen LogP contribution in [0, 0.1) is 6.92 Å². The number of carbonyl (C=O) groups is 3. The summed E-state index contributed by atoms with van der Waals surface area (Å²) in [6.07, 6.45) is 0. The van der Waals surface area contributed by atoms with Crippen LogP contribution >= 0.6 is 22.7 Å². The Hall–Kier alpha value is -3.70. The Labute approximate surface area is 196 Å². The first-order valence-electron chi connectivity index (χ1n) is 9.57. The van der Waals surface area contributed by atoms with E-state index < -0.39 is 17.8 Å². The van der Waals surface area contributed by atoms with Crippen LogP contribution in [0.5, 0.6) is 5.75 Å². The first-order chi connectivity index (χ1) is 15.8. The number of methoxy groups -OCH3 is 3. The minimum Gasteiger partial charge on any atom is -0.497 e. The molecular formula is C22H19N3O6S2. The number of esters is 2. The van der Waals surface area contributed by atoms with E-state index in [0.29, 0.717) is 21.5 Å². The second-order valence-electron chi connectivity index (χ2n) is 6.94. The Morgan fingerprint density at radius 2 is 1.73 bits per heavy atom. The van der Waals surface area contributed by atoms with Crippen molar-refractivity contribution in [3.05, 3.63) is 45.1 Å². The van der Waals surface area contributed by atoms with Gasteiger partial charge in [-0.3, -0.25) is 4.79 Å². The smallest absolute Gasteiger partial charge is 0.348 e. The van der Waals surface area contributed by atoms with Gasteiger partial charge in [-0.2, -0.15) is 0 Å². The maximum atomic E-state index is 13.1. The molecule has 0 aliphatic heterocycles. The SMILES string of the molecule is COC(=O)c1sc(NC(=O)c2sc3nc4ccc(OC)cc4cc3c2N)c(C(=O)OC)c1C. The van der Waals surface area contributed by atoms with E-state index in [-0.39, 0.29) is 26.0 Å². The minimum atomic E-state index is -0.680. The molecule has 4 aromatic rings. The highest BCUT2D eigenvalue weighted by Crippen LogP contribution is 2.38. The molecule has 3 N–H and O–H groups in total. The zero-order valence-electron chi connectivity index (χ0n) is 18.1. The first kappa shape index (κ1) is 22.5. The molecule has 3 heterocycles. The Kier molecular flexibility index (Phi) is 5.91. The number of aromatic nitrogens is 1. The van der Waals surface area contributed by atoms with Crippen LogP contribution in [0.2, 0.25) is 0 Å². The van der Waals surface area contributed by atoms with Crippen molar-refractivity contribution in [3.8, 4) is 5.75 Å². The molecule has 0 saturated heterocycles. The Bertz CT molecular complexity index is 1440. The molecule has 0 bridgehead atoms. The van der Waals surface area contributed by atoms with Gasteiger partial charge in [0.25, 0.3) is 5.91 Å². The number of hydrogen-bond donors (Lipinski definition) is 2. The van der Waals surface area contributed by atoms with Gasteiger partial charge in [0, 0.05) is 10.8 Å². The van der Waals surface area contributed by atoms with Crippen LogP contribution in [0.4, 0.5) is 10.7 Å². The molecule has 3 aromatic heterocycles. The summed E-state index contributed by atoms with van der Waals surface area (Å²) in [5, 5.41) is 4.33. The number of thiophene rings is 2. The van der Waals surface area contributed by atoms with E-state index in [1.54, 1.807) is 20.1 Å². The number of anilines is 2. The van der Waals surface area contributed by atoms with E-state index in [1.165, 1.54) is 14.2 Å². The molecule has 1 aromatic carbocycles. The summed E-state index contributed by atoms with van der Waals surface area (Å²) in [7, 11) is 4.04. The van der Waals surface area contributed by atoms with Crippen LogP contribution in [0.3, 0.4) is 0 Å². The summed E-state index contributed by atoms with van der Waals surface area (Å²) in [4.78, 5) is 43.2. The van der Waals surface area contributed by atoms with Crippen LogP contribution in [-0.2, 0) is 9.47 Å². The molecule has 0 fully saturated rings. The second-order valence-corrected chi connectivity index (χ2v) is 8.96.